The van der Waals surface area contributed by atoms with Gasteiger partial charge in [0.15, 0.2) is 0 Å². The molecule has 1 aliphatic heterocycles. The van der Waals surface area contributed by atoms with E-state index in [9.17, 15) is 14.7 Å². The van der Waals surface area contributed by atoms with Crippen LogP contribution in [0.3, 0.4) is 0 Å². The number of aromatic nitrogens is 4. The van der Waals surface area contributed by atoms with Crippen molar-refractivity contribution in [1.82, 2.24) is 19.3 Å². The average molecular weight is 537 g/mol. The number of carboxylic acids is 1. The van der Waals surface area contributed by atoms with Crippen LogP contribution < -0.4 is 20.0 Å². The quantitative estimate of drug-likeness (QED) is 0.336. The van der Waals surface area contributed by atoms with Crippen LogP contribution in [0.2, 0.25) is 0 Å². The van der Waals surface area contributed by atoms with E-state index in [-0.39, 0.29) is 5.56 Å². The fourth-order valence-corrected chi connectivity index (χ4v) is 5.17. The molecule has 10 heteroatoms. The second-order valence-electron chi connectivity index (χ2n) is 9.68. The van der Waals surface area contributed by atoms with Crippen molar-refractivity contribution >= 4 is 28.2 Å². The normalized spacial score (nSPS) is 13.5. The Bertz CT molecular complexity index is 1720. The lowest BCUT2D eigenvalue weighted by Crippen LogP contribution is -2.46. The summed E-state index contributed by atoms with van der Waals surface area (Å²) in [6.07, 6.45) is 4.56. The molecule has 10 nitrogen and oxygen atoms in total. The molecule has 0 aliphatic carbocycles. The van der Waals surface area contributed by atoms with E-state index in [1.54, 1.807) is 28.8 Å². The Kier molecular flexibility index (Phi) is 6.65. The van der Waals surface area contributed by atoms with E-state index in [4.69, 9.17) is 4.74 Å². The summed E-state index contributed by atoms with van der Waals surface area (Å²) in [5, 5.41) is 14.3. The lowest BCUT2D eigenvalue weighted by atomic mass is 10.1. The van der Waals surface area contributed by atoms with Crippen LogP contribution in [0, 0.1) is 0 Å². The number of fused-ring (bicyclic) bond motifs is 1. The third-order valence-electron chi connectivity index (χ3n) is 7.31. The number of carboxylic acid groups (broad SMARTS) is 1. The molecule has 0 bridgehead atoms. The van der Waals surface area contributed by atoms with E-state index in [2.05, 4.69) is 25.9 Å². The molecule has 0 radical (unpaired) electrons. The molecule has 1 N–H and O–H groups in total. The van der Waals surface area contributed by atoms with E-state index >= 15 is 0 Å². The van der Waals surface area contributed by atoms with Crippen molar-refractivity contribution in [3.05, 3.63) is 107 Å². The van der Waals surface area contributed by atoms with Gasteiger partial charge in [0.1, 0.15) is 24.0 Å². The van der Waals surface area contributed by atoms with Crippen LogP contribution in [0.25, 0.3) is 16.6 Å². The predicted molar refractivity (Wildman–Crippen MR) is 153 cm³/mol. The van der Waals surface area contributed by atoms with Gasteiger partial charge in [-0.3, -0.25) is 4.79 Å². The lowest BCUT2D eigenvalue weighted by molar-refractivity contribution is 0.0695. The third kappa shape index (κ3) is 4.86. The minimum absolute atomic E-state index is 0.265. The number of piperazine rings is 1. The van der Waals surface area contributed by atoms with Gasteiger partial charge in [0.25, 0.3) is 0 Å². The number of methoxy groups -OCH3 is 1. The molecule has 3 aromatic carbocycles. The smallest absolute Gasteiger partial charge is 0.341 e. The van der Waals surface area contributed by atoms with Crippen molar-refractivity contribution in [2.24, 2.45) is 0 Å². The molecule has 40 heavy (non-hydrogen) atoms. The number of nitrogens with zero attached hydrogens (tertiary/aromatic N) is 6. The molecule has 5 aromatic rings. The number of ether oxygens (including phenoxy) is 1. The topological polar surface area (TPSA) is 106 Å². The first-order valence-electron chi connectivity index (χ1n) is 13.0. The minimum atomic E-state index is -1.25. The molecule has 0 spiro atoms. The summed E-state index contributed by atoms with van der Waals surface area (Å²) < 4.78 is 8.90. The standard InChI is InChI=1S/C30H28N6O4/c1-40-25-4-2-3-23(15-25)33-11-13-34(14-12-33)24-9-10-26-28(16-24)36(18-27(29(26)37)30(38)39)22-7-5-21(6-8-22)17-35-20-31-19-32-35/h2-10,15-16,18-20H,11-14,17H2,1H3,(H,38,39). The van der Waals surface area contributed by atoms with Gasteiger partial charge < -0.3 is 24.2 Å². The summed E-state index contributed by atoms with van der Waals surface area (Å²) in [5.41, 5.74) is 3.79. The highest BCUT2D eigenvalue weighted by Crippen LogP contribution is 2.27. The van der Waals surface area contributed by atoms with Gasteiger partial charge in [-0.1, -0.05) is 18.2 Å². The molecule has 2 aromatic heterocycles. The molecule has 0 atom stereocenters. The summed E-state index contributed by atoms with van der Waals surface area (Å²) in [6, 6.07) is 21.4. The highest BCUT2D eigenvalue weighted by molar-refractivity contribution is 5.94. The lowest BCUT2D eigenvalue weighted by Gasteiger charge is -2.37. The van der Waals surface area contributed by atoms with Crippen molar-refractivity contribution < 1.29 is 14.6 Å². The number of carbonyl (C=O) groups is 1. The number of hydrogen-bond acceptors (Lipinski definition) is 7. The van der Waals surface area contributed by atoms with Crippen LogP contribution in [-0.4, -0.2) is 63.7 Å². The Labute approximate surface area is 230 Å². The Morgan fingerprint density at radius 3 is 2.27 bits per heavy atom. The maximum atomic E-state index is 13.1. The first-order valence-corrected chi connectivity index (χ1v) is 13.0. The van der Waals surface area contributed by atoms with Crippen LogP contribution in [0.4, 0.5) is 11.4 Å². The molecule has 1 fully saturated rings. The monoisotopic (exact) mass is 536 g/mol. The van der Waals surface area contributed by atoms with E-state index in [1.807, 2.05) is 54.6 Å². The third-order valence-corrected chi connectivity index (χ3v) is 7.31. The largest absolute Gasteiger partial charge is 0.497 e. The number of benzene rings is 3. The Hall–Kier alpha value is -5.12. The summed E-state index contributed by atoms with van der Waals surface area (Å²) in [7, 11) is 1.67. The molecule has 0 amide bonds. The van der Waals surface area contributed by atoms with Crippen LogP contribution in [0.15, 0.2) is 90.4 Å². The molecular weight excluding hydrogens is 508 g/mol. The average Bonchev–Trinajstić information content (AvgIpc) is 3.51. The van der Waals surface area contributed by atoms with Gasteiger partial charge >= 0.3 is 5.97 Å². The molecule has 202 valence electrons. The fraction of sp³-hybridized carbons (Fsp3) is 0.200. The minimum Gasteiger partial charge on any atom is -0.497 e. The van der Waals surface area contributed by atoms with Crippen LogP contribution in [-0.2, 0) is 6.54 Å². The SMILES string of the molecule is COc1cccc(N2CCN(c3ccc4c(=O)c(C(=O)O)cn(-c5ccc(Cn6cncn6)cc5)c4c3)CC2)c1. The summed E-state index contributed by atoms with van der Waals surface area (Å²) >= 11 is 0. The van der Waals surface area contributed by atoms with Gasteiger partial charge in [-0.15, -0.1) is 0 Å². The van der Waals surface area contributed by atoms with Gasteiger partial charge in [-0.25, -0.2) is 14.5 Å². The Balaban J connectivity index is 1.32. The number of hydrogen-bond donors (Lipinski definition) is 1. The van der Waals surface area contributed by atoms with Crippen LogP contribution >= 0.6 is 0 Å². The van der Waals surface area contributed by atoms with E-state index < -0.39 is 11.4 Å². The van der Waals surface area contributed by atoms with E-state index in [0.717, 1.165) is 54.6 Å². The summed E-state index contributed by atoms with van der Waals surface area (Å²) in [4.78, 5) is 33.6. The van der Waals surface area contributed by atoms with Crippen molar-refractivity contribution in [1.29, 1.82) is 0 Å². The zero-order valence-corrected chi connectivity index (χ0v) is 22.0. The molecule has 6 rings (SSSR count). The van der Waals surface area contributed by atoms with Crippen molar-refractivity contribution in [3.63, 3.8) is 0 Å². The highest BCUT2D eigenvalue weighted by Gasteiger charge is 2.21. The maximum Gasteiger partial charge on any atom is 0.341 e. The van der Waals surface area contributed by atoms with Crippen molar-refractivity contribution in [3.8, 4) is 11.4 Å². The van der Waals surface area contributed by atoms with Crippen LogP contribution in [0.1, 0.15) is 15.9 Å². The Morgan fingerprint density at radius 1 is 0.925 bits per heavy atom. The number of pyridine rings is 1. The summed E-state index contributed by atoms with van der Waals surface area (Å²) in [6.45, 7) is 3.85. The zero-order chi connectivity index (χ0) is 27.6. The van der Waals surface area contributed by atoms with Gasteiger partial charge in [0, 0.05) is 60.9 Å². The second-order valence-corrected chi connectivity index (χ2v) is 9.68. The fourth-order valence-electron chi connectivity index (χ4n) is 5.17. The molecule has 0 unspecified atom stereocenters. The molecule has 1 aliphatic rings. The predicted octanol–water partition coefficient (Wildman–Crippen LogP) is 3.66. The van der Waals surface area contributed by atoms with Gasteiger partial charge in [-0.05, 0) is 48.0 Å². The zero-order valence-electron chi connectivity index (χ0n) is 22.0. The molecular formula is C30H28N6O4. The maximum absolute atomic E-state index is 13.1. The first-order chi connectivity index (χ1) is 19.5. The molecule has 3 heterocycles. The second kappa shape index (κ2) is 10.6. The number of rotatable bonds is 7. The van der Waals surface area contributed by atoms with Crippen LogP contribution in [0.5, 0.6) is 5.75 Å². The van der Waals surface area contributed by atoms with Crippen molar-refractivity contribution in [2.75, 3.05) is 43.1 Å². The van der Waals surface area contributed by atoms with Gasteiger partial charge in [-0.2, -0.15) is 5.10 Å². The van der Waals surface area contributed by atoms with E-state index in [1.165, 1.54) is 12.5 Å². The first kappa shape index (κ1) is 25.2. The van der Waals surface area contributed by atoms with Gasteiger partial charge in [0.2, 0.25) is 5.43 Å². The molecule has 0 saturated carbocycles. The highest BCUT2D eigenvalue weighted by atomic mass is 16.5. The molecule has 1 saturated heterocycles. The number of anilines is 2. The van der Waals surface area contributed by atoms with Gasteiger partial charge in [0.05, 0.1) is 19.2 Å². The van der Waals surface area contributed by atoms with Crippen molar-refractivity contribution in [2.45, 2.75) is 6.54 Å². The number of aromatic carboxylic acids is 1. The Morgan fingerprint density at radius 2 is 1.62 bits per heavy atom. The van der Waals surface area contributed by atoms with E-state index in [0.29, 0.717) is 17.4 Å². The summed E-state index contributed by atoms with van der Waals surface area (Å²) in [5.74, 6) is -0.416.